The SMILES string of the molecule is C[C@@H]1C[C@H]1C(=O)NCCS(=O)(=O)CCc1ccccc1. The molecule has 0 radical (unpaired) electrons. The third kappa shape index (κ3) is 4.63. The first-order valence-corrected chi connectivity index (χ1v) is 8.82. The Bertz CT molecular complexity index is 554. The van der Waals surface area contributed by atoms with E-state index in [9.17, 15) is 13.2 Å². The summed E-state index contributed by atoms with van der Waals surface area (Å²) in [6.45, 7) is 2.25. The Labute approximate surface area is 120 Å². The van der Waals surface area contributed by atoms with Gasteiger partial charge < -0.3 is 5.32 Å². The molecule has 2 atom stereocenters. The second kappa shape index (κ2) is 6.39. The highest BCUT2D eigenvalue weighted by atomic mass is 32.2. The molecule has 0 aromatic heterocycles. The van der Waals surface area contributed by atoms with Crippen LogP contribution in [0.1, 0.15) is 18.9 Å². The molecular formula is C15H21NO3S. The zero-order valence-corrected chi connectivity index (χ0v) is 12.5. The van der Waals surface area contributed by atoms with Crippen molar-refractivity contribution in [2.45, 2.75) is 19.8 Å². The number of hydrogen-bond donors (Lipinski definition) is 1. The van der Waals surface area contributed by atoms with Crippen LogP contribution < -0.4 is 5.32 Å². The van der Waals surface area contributed by atoms with E-state index in [1.165, 1.54) is 0 Å². The number of benzene rings is 1. The zero-order chi connectivity index (χ0) is 14.6. The van der Waals surface area contributed by atoms with E-state index in [-0.39, 0.29) is 29.9 Å². The molecule has 5 heteroatoms. The lowest BCUT2D eigenvalue weighted by Crippen LogP contribution is -2.31. The molecule has 0 bridgehead atoms. The molecule has 1 saturated carbocycles. The summed E-state index contributed by atoms with van der Waals surface area (Å²) in [5.41, 5.74) is 1.02. The summed E-state index contributed by atoms with van der Waals surface area (Å²) in [6.07, 6.45) is 1.45. The Kier molecular flexibility index (Phi) is 4.81. The number of carbonyl (C=O) groups is 1. The second-order valence-corrected chi connectivity index (χ2v) is 7.80. The smallest absolute Gasteiger partial charge is 0.223 e. The minimum absolute atomic E-state index is 0.00393. The van der Waals surface area contributed by atoms with Crippen molar-refractivity contribution in [3.8, 4) is 0 Å². The first-order valence-electron chi connectivity index (χ1n) is 7.00. The van der Waals surface area contributed by atoms with Gasteiger partial charge in [-0.25, -0.2) is 8.42 Å². The first kappa shape index (κ1) is 15.0. The van der Waals surface area contributed by atoms with Gasteiger partial charge in [0.05, 0.1) is 11.5 Å². The molecule has 0 saturated heterocycles. The van der Waals surface area contributed by atoms with Crippen LogP contribution >= 0.6 is 0 Å². The van der Waals surface area contributed by atoms with E-state index in [1.807, 2.05) is 37.3 Å². The largest absolute Gasteiger partial charge is 0.355 e. The third-order valence-electron chi connectivity index (χ3n) is 3.70. The Morgan fingerprint density at radius 2 is 1.90 bits per heavy atom. The van der Waals surface area contributed by atoms with Crippen molar-refractivity contribution < 1.29 is 13.2 Å². The number of hydrogen-bond acceptors (Lipinski definition) is 3. The molecule has 0 aliphatic heterocycles. The zero-order valence-electron chi connectivity index (χ0n) is 11.7. The van der Waals surface area contributed by atoms with Gasteiger partial charge in [-0.2, -0.15) is 0 Å². The molecule has 0 unspecified atom stereocenters. The summed E-state index contributed by atoms with van der Waals surface area (Å²) in [5, 5.41) is 2.71. The molecule has 0 heterocycles. The Morgan fingerprint density at radius 3 is 2.50 bits per heavy atom. The predicted molar refractivity (Wildman–Crippen MR) is 79.1 cm³/mol. The molecule has 110 valence electrons. The van der Waals surface area contributed by atoms with Gasteiger partial charge in [0.2, 0.25) is 5.91 Å². The van der Waals surface area contributed by atoms with E-state index >= 15 is 0 Å². The average Bonchev–Trinajstić information content (AvgIpc) is 3.15. The van der Waals surface area contributed by atoms with Crippen LogP contribution in [0.2, 0.25) is 0 Å². The maximum absolute atomic E-state index is 11.9. The Morgan fingerprint density at radius 1 is 1.25 bits per heavy atom. The monoisotopic (exact) mass is 295 g/mol. The van der Waals surface area contributed by atoms with Crippen LogP contribution in [0, 0.1) is 11.8 Å². The Balaban J connectivity index is 1.70. The molecule has 1 fully saturated rings. The highest BCUT2D eigenvalue weighted by Crippen LogP contribution is 2.37. The van der Waals surface area contributed by atoms with Gasteiger partial charge in [0.1, 0.15) is 0 Å². The molecule has 4 nitrogen and oxygen atoms in total. The average molecular weight is 295 g/mol. The van der Waals surface area contributed by atoms with Crippen LogP contribution in [0.5, 0.6) is 0 Å². The number of amides is 1. The lowest BCUT2D eigenvalue weighted by atomic mass is 10.2. The lowest BCUT2D eigenvalue weighted by molar-refractivity contribution is -0.122. The molecular weight excluding hydrogens is 274 g/mol. The summed E-state index contributed by atoms with van der Waals surface area (Å²) in [4.78, 5) is 11.6. The normalized spacial score (nSPS) is 21.4. The maximum atomic E-state index is 11.9. The minimum Gasteiger partial charge on any atom is -0.355 e. The van der Waals surface area contributed by atoms with Crippen LogP contribution in [-0.4, -0.2) is 32.4 Å². The van der Waals surface area contributed by atoms with Crippen molar-refractivity contribution in [3.63, 3.8) is 0 Å². The standard InChI is InChI=1S/C15H21NO3S/c1-12-11-14(12)15(17)16-8-10-20(18,19)9-7-13-5-3-2-4-6-13/h2-6,12,14H,7-11H2,1H3,(H,16,17)/t12-,14-/m1/s1. The van der Waals surface area contributed by atoms with Crippen LogP contribution in [-0.2, 0) is 21.1 Å². The molecule has 1 aromatic rings. The fraction of sp³-hybridized carbons (Fsp3) is 0.533. The molecule has 1 N–H and O–H groups in total. The Hall–Kier alpha value is -1.36. The van der Waals surface area contributed by atoms with Crippen molar-refractivity contribution in [2.75, 3.05) is 18.1 Å². The molecule has 20 heavy (non-hydrogen) atoms. The van der Waals surface area contributed by atoms with Crippen LogP contribution in [0.3, 0.4) is 0 Å². The number of sulfone groups is 1. The topological polar surface area (TPSA) is 63.2 Å². The van der Waals surface area contributed by atoms with Gasteiger partial charge in [-0.3, -0.25) is 4.79 Å². The van der Waals surface area contributed by atoms with Gasteiger partial charge in [-0.1, -0.05) is 37.3 Å². The van der Waals surface area contributed by atoms with E-state index in [1.54, 1.807) is 0 Å². The first-order chi connectivity index (χ1) is 9.48. The fourth-order valence-electron chi connectivity index (χ4n) is 2.17. The predicted octanol–water partition coefficient (Wildman–Crippen LogP) is 1.42. The summed E-state index contributed by atoms with van der Waals surface area (Å²) >= 11 is 0. The molecule has 1 aliphatic carbocycles. The highest BCUT2D eigenvalue weighted by Gasteiger charge is 2.38. The highest BCUT2D eigenvalue weighted by molar-refractivity contribution is 7.91. The fourth-order valence-corrected chi connectivity index (χ4v) is 3.33. The maximum Gasteiger partial charge on any atom is 0.223 e. The van der Waals surface area contributed by atoms with E-state index in [0.717, 1.165) is 12.0 Å². The van der Waals surface area contributed by atoms with E-state index in [0.29, 0.717) is 12.3 Å². The van der Waals surface area contributed by atoms with Crippen molar-refractivity contribution in [3.05, 3.63) is 35.9 Å². The van der Waals surface area contributed by atoms with Crippen molar-refractivity contribution in [2.24, 2.45) is 11.8 Å². The van der Waals surface area contributed by atoms with Gasteiger partial charge in [0.25, 0.3) is 0 Å². The molecule has 1 amide bonds. The number of aryl methyl sites for hydroxylation is 1. The third-order valence-corrected chi connectivity index (χ3v) is 5.36. The summed E-state index contributed by atoms with van der Waals surface area (Å²) in [7, 11) is -3.11. The van der Waals surface area contributed by atoms with Crippen molar-refractivity contribution in [1.82, 2.24) is 5.32 Å². The van der Waals surface area contributed by atoms with Crippen LogP contribution in [0.4, 0.5) is 0 Å². The van der Waals surface area contributed by atoms with E-state index < -0.39 is 9.84 Å². The summed E-state index contributed by atoms with van der Waals surface area (Å²) < 4.78 is 23.8. The van der Waals surface area contributed by atoms with Gasteiger partial charge in [0, 0.05) is 12.5 Å². The van der Waals surface area contributed by atoms with Crippen molar-refractivity contribution >= 4 is 15.7 Å². The van der Waals surface area contributed by atoms with Crippen LogP contribution in [0.15, 0.2) is 30.3 Å². The quantitative estimate of drug-likeness (QED) is 0.827. The molecule has 2 rings (SSSR count). The minimum atomic E-state index is -3.11. The van der Waals surface area contributed by atoms with Gasteiger partial charge in [-0.15, -0.1) is 0 Å². The van der Waals surface area contributed by atoms with E-state index in [4.69, 9.17) is 0 Å². The van der Waals surface area contributed by atoms with Gasteiger partial charge in [-0.05, 0) is 24.3 Å². The van der Waals surface area contributed by atoms with E-state index in [2.05, 4.69) is 5.32 Å². The number of rotatable bonds is 7. The molecule has 0 spiro atoms. The number of nitrogens with one attached hydrogen (secondary N) is 1. The van der Waals surface area contributed by atoms with Crippen molar-refractivity contribution in [1.29, 1.82) is 0 Å². The number of carbonyl (C=O) groups excluding carboxylic acids is 1. The van der Waals surface area contributed by atoms with Gasteiger partial charge >= 0.3 is 0 Å². The summed E-state index contributed by atoms with van der Waals surface area (Å²) in [6, 6.07) is 9.56. The van der Waals surface area contributed by atoms with Gasteiger partial charge in [0.15, 0.2) is 9.84 Å². The molecule has 1 aromatic carbocycles. The van der Waals surface area contributed by atoms with Crippen LogP contribution in [0.25, 0.3) is 0 Å². The molecule has 1 aliphatic rings. The lowest BCUT2D eigenvalue weighted by Gasteiger charge is -2.06. The second-order valence-electron chi connectivity index (χ2n) is 5.50. The summed E-state index contributed by atoms with van der Waals surface area (Å²) in [5.74, 6) is 0.696.